The van der Waals surface area contributed by atoms with Crippen LogP contribution in [0.4, 0.5) is 0 Å². The summed E-state index contributed by atoms with van der Waals surface area (Å²) in [5.74, 6) is 4.28. The number of hydrogen-bond donors (Lipinski definition) is 2. The van der Waals surface area contributed by atoms with Crippen LogP contribution in [0.5, 0.6) is 0 Å². The Kier molecular flexibility index (Phi) is 7.46. The molecule has 0 spiro atoms. The first kappa shape index (κ1) is 17.7. The highest BCUT2D eigenvalue weighted by molar-refractivity contribution is 14.0. The summed E-state index contributed by atoms with van der Waals surface area (Å²) in [7, 11) is 1.90. The lowest BCUT2D eigenvalue weighted by Gasteiger charge is -2.22. The highest BCUT2D eigenvalue weighted by atomic mass is 127. The van der Waals surface area contributed by atoms with Gasteiger partial charge in [-0.05, 0) is 36.9 Å². The smallest absolute Gasteiger partial charge is 0.191 e. The SMILES string of the molecule is CN=C(NCC1CCCS1)NC1CC1C1CCCCC1.I. The third-order valence-electron chi connectivity index (χ3n) is 5.16. The van der Waals surface area contributed by atoms with Gasteiger partial charge in [0.15, 0.2) is 5.96 Å². The van der Waals surface area contributed by atoms with Gasteiger partial charge in [0.05, 0.1) is 0 Å². The van der Waals surface area contributed by atoms with Crippen molar-refractivity contribution >= 4 is 41.7 Å². The predicted molar refractivity (Wildman–Crippen MR) is 104 cm³/mol. The van der Waals surface area contributed by atoms with Gasteiger partial charge in [-0.2, -0.15) is 11.8 Å². The number of aliphatic imine (C=N–C) groups is 1. The largest absolute Gasteiger partial charge is 0.355 e. The molecule has 3 nitrogen and oxygen atoms in total. The molecule has 122 valence electrons. The van der Waals surface area contributed by atoms with E-state index in [0.717, 1.165) is 29.6 Å². The minimum Gasteiger partial charge on any atom is -0.355 e. The van der Waals surface area contributed by atoms with Gasteiger partial charge in [-0.3, -0.25) is 4.99 Å². The van der Waals surface area contributed by atoms with Crippen molar-refractivity contribution in [2.45, 2.75) is 62.7 Å². The lowest BCUT2D eigenvalue weighted by Crippen LogP contribution is -2.42. The molecule has 2 aliphatic carbocycles. The Bertz CT molecular complexity index is 338. The number of nitrogens with zero attached hydrogens (tertiary/aromatic N) is 1. The average molecular weight is 423 g/mol. The zero-order valence-corrected chi connectivity index (χ0v) is 16.3. The summed E-state index contributed by atoms with van der Waals surface area (Å²) in [6.07, 6.45) is 11.4. The fraction of sp³-hybridized carbons (Fsp3) is 0.938. The topological polar surface area (TPSA) is 36.4 Å². The second-order valence-corrected chi connectivity index (χ2v) is 8.04. The van der Waals surface area contributed by atoms with Crippen molar-refractivity contribution in [3.8, 4) is 0 Å². The predicted octanol–water partition coefficient (Wildman–Crippen LogP) is 3.63. The van der Waals surface area contributed by atoms with Crippen molar-refractivity contribution in [3.63, 3.8) is 0 Å². The Morgan fingerprint density at radius 2 is 1.95 bits per heavy atom. The Balaban J connectivity index is 0.00000161. The van der Waals surface area contributed by atoms with Gasteiger partial charge in [0, 0.05) is 24.9 Å². The second kappa shape index (κ2) is 8.85. The van der Waals surface area contributed by atoms with E-state index in [9.17, 15) is 0 Å². The number of hydrogen-bond acceptors (Lipinski definition) is 2. The summed E-state index contributed by atoms with van der Waals surface area (Å²) >= 11 is 2.11. The molecule has 5 heteroatoms. The molecule has 1 aliphatic heterocycles. The van der Waals surface area contributed by atoms with E-state index in [4.69, 9.17) is 0 Å². The van der Waals surface area contributed by atoms with E-state index in [1.807, 2.05) is 7.05 Å². The Hall–Kier alpha value is 0.350. The second-order valence-electron chi connectivity index (χ2n) is 6.64. The van der Waals surface area contributed by atoms with Gasteiger partial charge < -0.3 is 10.6 Å². The van der Waals surface area contributed by atoms with Crippen LogP contribution in [0.25, 0.3) is 0 Å². The fourth-order valence-electron chi connectivity index (χ4n) is 3.85. The Morgan fingerprint density at radius 1 is 1.14 bits per heavy atom. The standard InChI is InChI=1S/C16H29N3S.HI/c1-17-16(18-11-13-8-5-9-20-13)19-15-10-14(15)12-6-3-2-4-7-12;/h12-15H,2-11H2,1H3,(H2,17,18,19);1H. The number of halogens is 1. The van der Waals surface area contributed by atoms with Gasteiger partial charge in [0.1, 0.15) is 0 Å². The summed E-state index contributed by atoms with van der Waals surface area (Å²) in [4.78, 5) is 4.39. The average Bonchev–Trinajstić information content (AvgIpc) is 3.06. The van der Waals surface area contributed by atoms with Crippen molar-refractivity contribution < 1.29 is 0 Å². The molecule has 0 amide bonds. The van der Waals surface area contributed by atoms with Crippen molar-refractivity contribution in [2.75, 3.05) is 19.3 Å². The highest BCUT2D eigenvalue weighted by Gasteiger charge is 2.43. The van der Waals surface area contributed by atoms with Crippen LogP contribution >= 0.6 is 35.7 Å². The molecular formula is C16H30IN3S. The lowest BCUT2D eigenvalue weighted by atomic mass is 9.85. The fourth-order valence-corrected chi connectivity index (χ4v) is 5.05. The molecule has 3 rings (SSSR count). The van der Waals surface area contributed by atoms with Gasteiger partial charge in [0.2, 0.25) is 0 Å². The van der Waals surface area contributed by atoms with Crippen LogP contribution in [0.3, 0.4) is 0 Å². The number of nitrogens with one attached hydrogen (secondary N) is 2. The van der Waals surface area contributed by atoms with Crippen LogP contribution in [0.2, 0.25) is 0 Å². The third-order valence-corrected chi connectivity index (χ3v) is 6.56. The molecule has 1 saturated heterocycles. The number of thioether (sulfide) groups is 1. The maximum absolute atomic E-state index is 4.39. The summed E-state index contributed by atoms with van der Waals surface area (Å²) in [6, 6.07) is 0.695. The van der Waals surface area contributed by atoms with E-state index < -0.39 is 0 Å². The van der Waals surface area contributed by atoms with Crippen LogP contribution < -0.4 is 10.6 Å². The molecule has 3 aliphatic rings. The molecule has 3 unspecified atom stereocenters. The number of rotatable bonds is 4. The van der Waals surface area contributed by atoms with Gasteiger partial charge in [0.25, 0.3) is 0 Å². The Morgan fingerprint density at radius 3 is 2.62 bits per heavy atom. The zero-order valence-electron chi connectivity index (χ0n) is 13.1. The van der Waals surface area contributed by atoms with Gasteiger partial charge in [-0.1, -0.05) is 32.1 Å². The summed E-state index contributed by atoms with van der Waals surface area (Å²) in [6.45, 7) is 1.07. The van der Waals surface area contributed by atoms with Gasteiger partial charge in [-0.15, -0.1) is 24.0 Å². The lowest BCUT2D eigenvalue weighted by molar-refractivity contribution is 0.315. The molecule has 2 saturated carbocycles. The molecule has 0 aromatic heterocycles. The maximum Gasteiger partial charge on any atom is 0.191 e. The highest BCUT2D eigenvalue weighted by Crippen LogP contribution is 2.44. The van der Waals surface area contributed by atoms with Crippen molar-refractivity contribution in [2.24, 2.45) is 16.8 Å². The first-order valence-electron chi connectivity index (χ1n) is 8.45. The quantitative estimate of drug-likeness (QED) is 0.412. The van der Waals surface area contributed by atoms with E-state index in [1.54, 1.807) is 0 Å². The molecule has 0 aromatic carbocycles. The van der Waals surface area contributed by atoms with Crippen molar-refractivity contribution in [1.82, 2.24) is 10.6 Å². The molecule has 0 aromatic rings. The zero-order chi connectivity index (χ0) is 13.8. The van der Waals surface area contributed by atoms with E-state index in [1.165, 1.54) is 57.1 Å². The first-order chi connectivity index (χ1) is 9.86. The van der Waals surface area contributed by atoms with Crippen molar-refractivity contribution in [1.29, 1.82) is 0 Å². The van der Waals surface area contributed by atoms with Crippen LogP contribution in [0.1, 0.15) is 51.4 Å². The number of guanidine groups is 1. The molecule has 3 fully saturated rings. The third kappa shape index (κ3) is 5.19. The minimum atomic E-state index is 0. The summed E-state index contributed by atoms with van der Waals surface area (Å²) in [5, 5.41) is 7.96. The van der Waals surface area contributed by atoms with E-state index in [2.05, 4.69) is 27.4 Å². The molecule has 0 bridgehead atoms. The monoisotopic (exact) mass is 423 g/mol. The normalized spacial score (nSPS) is 33.4. The van der Waals surface area contributed by atoms with Gasteiger partial charge >= 0.3 is 0 Å². The molecule has 3 atom stereocenters. The molecule has 21 heavy (non-hydrogen) atoms. The summed E-state index contributed by atoms with van der Waals surface area (Å²) < 4.78 is 0. The molecule has 2 N–H and O–H groups in total. The van der Waals surface area contributed by atoms with Crippen LogP contribution in [0.15, 0.2) is 4.99 Å². The maximum atomic E-state index is 4.39. The van der Waals surface area contributed by atoms with Crippen molar-refractivity contribution in [3.05, 3.63) is 0 Å². The van der Waals surface area contributed by atoms with Crippen LogP contribution in [0, 0.1) is 11.8 Å². The molecule has 0 radical (unpaired) electrons. The molecule has 1 heterocycles. The Labute approximate surface area is 150 Å². The van der Waals surface area contributed by atoms with Crippen LogP contribution in [-0.2, 0) is 0 Å². The van der Waals surface area contributed by atoms with E-state index >= 15 is 0 Å². The van der Waals surface area contributed by atoms with Crippen LogP contribution in [-0.4, -0.2) is 36.6 Å². The van der Waals surface area contributed by atoms with E-state index in [0.29, 0.717) is 6.04 Å². The summed E-state index contributed by atoms with van der Waals surface area (Å²) in [5.41, 5.74) is 0. The van der Waals surface area contributed by atoms with Gasteiger partial charge in [-0.25, -0.2) is 0 Å². The van der Waals surface area contributed by atoms with E-state index in [-0.39, 0.29) is 24.0 Å². The molecular weight excluding hydrogens is 393 g/mol. The minimum absolute atomic E-state index is 0. The first-order valence-corrected chi connectivity index (χ1v) is 9.50.